The highest BCUT2D eigenvalue weighted by molar-refractivity contribution is 14.0. The highest BCUT2D eigenvalue weighted by Crippen LogP contribution is 2.17. The Morgan fingerprint density at radius 2 is 1.77 bits per heavy atom. The predicted molar refractivity (Wildman–Crippen MR) is 142 cm³/mol. The summed E-state index contributed by atoms with van der Waals surface area (Å²) >= 11 is 1.71. The average Bonchev–Trinajstić information content (AvgIpc) is 3.22. The summed E-state index contributed by atoms with van der Waals surface area (Å²) in [5.74, 6) is 1.30. The van der Waals surface area contributed by atoms with E-state index in [0.717, 1.165) is 55.9 Å². The molecule has 1 aliphatic heterocycles. The van der Waals surface area contributed by atoms with Crippen LogP contribution < -0.4 is 10.6 Å². The number of likely N-dealkylation sites (N-methyl/N-ethyl adjacent to an activating group) is 1. The standard InChI is InChI=1S/C23H36N6S.HI/c1-5-24-23(26-15-22-27-21(17-30-22)18(2)3)25-14-19-6-8-20(9-7-19)16-29-12-10-28(4)11-13-29;/h6-9,17-18H,5,10-16H2,1-4H3,(H2,24,25,26);1H. The molecule has 3 rings (SSSR count). The fourth-order valence-electron chi connectivity index (χ4n) is 3.36. The van der Waals surface area contributed by atoms with E-state index in [-0.39, 0.29) is 24.0 Å². The van der Waals surface area contributed by atoms with Crippen LogP contribution in [0.5, 0.6) is 0 Å². The summed E-state index contributed by atoms with van der Waals surface area (Å²) in [5.41, 5.74) is 3.77. The Morgan fingerprint density at radius 1 is 1.10 bits per heavy atom. The van der Waals surface area contributed by atoms with Crippen LogP contribution in [0.4, 0.5) is 0 Å². The Bertz CT molecular complexity index is 797. The number of hydrogen-bond donors (Lipinski definition) is 2. The van der Waals surface area contributed by atoms with Gasteiger partial charge < -0.3 is 15.5 Å². The van der Waals surface area contributed by atoms with E-state index in [9.17, 15) is 0 Å². The first-order valence-electron chi connectivity index (χ1n) is 11.0. The number of rotatable bonds is 8. The minimum atomic E-state index is 0. The minimum absolute atomic E-state index is 0. The zero-order valence-electron chi connectivity index (χ0n) is 19.2. The molecule has 0 spiro atoms. The molecule has 0 atom stereocenters. The first-order chi connectivity index (χ1) is 14.5. The lowest BCUT2D eigenvalue weighted by atomic mass is 10.1. The lowest BCUT2D eigenvalue weighted by molar-refractivity contribution is 0.148. The van der Waals surface area contributed by atoms with E-state index in [0.29, 0.717) is 19.0 Å². The van der Waals surface area contributed by atoms with E-state index in [1.54, 1.807) is 11.3 Å². The molecule has 2 heterocycles. The first-order valence-corrected chi connectivity index (χ1v) is 11.9. The van der Waals surface area contributed by atoms with Crippen molar-refractivity contribution in [2.45, 2.75) is 46.3 Å². The molecule has 1 saturated heterocycles. The van der Waals surface area contributed by atoms with Gasteiger partial charge in [0.05, 0.1) is 18.8 Å². The SMILES string of the molecule is CCNC(=NCc1ccc(CN2CCN(C)CC2)cc1)NCc1nc(C(C)C)cs1.I. The van der Waals surface area contributed by atoms with Crippen molar-refractivity contribution in [3.05, 3.63) is 51.5 Å². The van der Waals surface area contributed by atoms with Gasteiger partial charge in [-0.25, -0.2) is 9.98 Å². The smallest absolute Gasteiger partial charge is 0.191 e. The number of hydrogen-bond acceptors (Lipinski definition) is 5. The lowest BCUT2D eigenvalue weighted by Crippen LogP contribution is -2.43. The molecule has 2 aromatic rings. The van der Waals surface area contributed by atoms with Crippen molar-refractivity contribution in [1.82, 2.24) is 25.4 Å². The zero-order chi connectivity index (χ0) is 21.3. The van der Waals surface area contributed by atoms with Gasteiger partial charge in [0.2, 0.25) is 0 Å². The molecule has 1 fully saturated rings. The Labute approximate surface area is 208 Å². The molecule has 0 aliphatic carbocycles. The topological polar surface area (TPSA) is 55.8 Å². The molecule has 2 N–H and O–H groups in total. The normalized spacial score (nSPS) is 15.7. The van der Waals surface area contributed by atoms with E-state index in [4.69, 9.17) is 4.99 Å². The van der Waals surface area contributed by atoms with Gasteiger partial charge in [0.15, 0.2) is 5.96 Å². The third kappa shape index (κ3) is 8.67. The molecule has 1 aromatic heterocycles. The Hall–Kier alpha value is -1.23. The van der Waals surface area contributed by atoms with Crippen molar-refractivity contribution in [2.75, 3.05) is 39.8 Å². The summed E-state index contributed by atoms with van der Waals surface area (Å²) < 4.78 is 0. The average molecular weight is 557 g/mol. The van der Waals surface area contributed by atoms with Gasteiger partial charge in [0, 0.05) is 44.6 Å². The van der Waals surface area contributed by atoms with E-state index >= 15 is 0 Å². The fraction of sp³-hybridized carbons (Fsp3) is 0.565. The molecule has 0 saturated carbocycles. The van der Waals surface area contributed by atoms with E-state index < -0.39 is 0 Å². The van der Waals surface area contributed by atoms with Crippen LogP contribution >= 0.6 is 35.3 Å². The third-order valence-electron chi connectivity index (χ3n) is 5.36. The molecule has 1 aromatic carbocycles. The molecule has 0 amide bonds. The van der Waals surface area contributed by atoms with Gasteiger partial charge in [0.1, 0.15) is 5.01 Å². The molecule has 31 heavy (non-hydrogen) atoms. The Balaban J connectivity index is 0.00000341. The molecular formula is C23H37IN6S. The molecule has 0 unspecified atom stereocenters. The summed E-state index contributed by atoms with van der Waals surface area (Å²) in [6.07, 6.45) is 0. The quantitative estimate of drug-likeness (QED) is 0.294. The second-order valence-corrected chi connectivity index (χ2v) is 9.21. The second kappa shape index (κ2) is 13.3. The molecule has 1 aliphatic rings. The highest BCUT2D eigenvalue weighted by Gasteiger charge is 2.13. The van der Waals surface area contributed by atoms with Crippen LogP contribution in [-0.2, 0) is 19.6 Å². The number of nitrogens with zero attached hydrogens (tertiary/aromatic N) is 4. The Morgan fingerprint density at radius 3 is 2.39 bits per heavy atom. The molecule has 0 radical (unpaired) electrons. The van der Waals surface area contributed by atoms with Crippen molar-refractivity contribution >= 4 is 41.3 Å². The number of guanidine groups is 1. The van der Waals surface area contributed by atoms with Crippen LogP contribution in [0.1, 0.15) is 48.5 Å². The largest absolute Gasteiger partial charge is 0.357 e. The van der Waals surface area contributed by atoms with E-state index in [2.05, 4.69) is 82.9 Å². The molecule has 8 heteroatoms. The van der Waals surface area contributed by atoms with Crippen molar-refractivity contribution in [3.8, 4) is 0 Å². The van der Waals surface area contributed by atoms with Crippen LogP contribution in [0.3, 0.4) is 0 Å². The van der Waals surface area contributed by atoms with Crippen LogP contribution in [0, 0.1) is 0 Å². The lowest BCUT2D eigenvalue weighted by Gasteiger charge is -2.32. The first kappa shape index (κ1) is 26.0. The van der Waals surface area contributed by atoms with Gasteiger partial charge in [-0.15, -0.1) is 35.3 Å². The molecule has 6 nitrogen and oxygen atoms in total. The number of aliphatic imine (C=N–C) groups is 1. The van der Waals surface area contributed by atoms with Gasteiger partial charge in [-0.3, -0.25) is 4.90 Å². The number of benzene rings is 1. The van der Waals surface area contributed by atoms with Crippen molar-refractivity contribution in [2.24, 2.45) is 4.99 Å². The number of halogens is 1. The molecule has 172 valence electrons. The second-order valence-electron chi connectivity index (χ2n) is 8.27. The van der Waals surface area contributed by atoms with Crippen LogP contribution in [0.2, 0.25) is 0 Å². The number of aromatic nitrogens is 1. The number of nitrogens with one attached hydrogen (secondary N) is 2. The van der Waals surface area contributed by atoms with Crippen LogP contribution in [0.15, 0.2) is 34.6 Å². The minimum Gasteiger partial charge on any atom is -0.357 e. The molecule has 0 bridgehead atoms. The van der Waals surface area contributed by atoms with E-state index in [1.807, 2.05) is 0 Å². The summed E-state index contributed by atoms with van der Waals surface area (Å²) in [7, 11) is 2.20. The predicted octanol–water partition coefficient (Wildman–Crippen LogP) is 3.89. The Kier molecular flexibility index (Phi) is 11.2. The number of piperazine rings is 1. The summed E-state index contributed by atoms with van der Waals surface area (Å²) in [6.45, 7) is 14.3. The van der Waals surface area contributed by atoms with Crippen LogP contribution in [-0.4, -0.2) is 60.5 Å². The van der Waals surface area contributed by atoms with Crippen molar-refractivity contribution in [1.29, 1.82) is 0 Å². The van der Waals surface area contributed by atoms with Gasteiger partial charge in [-0.1, -0.05) is 38.1 Å². The van der Waals surface area contributed by atoms with Crippen molar-refractivity contribution < 1.29 is 0 Å². The monoisotopic (exact) mass is 556 g/mol. The van der Waals surface area contributed by atoms with Gasteiger partial charge in [0.25, 0.3) is 0 Å². The molecular weight excluding hydrogens is 519 g/mol. The maximum Gasteiger partial charge on any atom is 0.191 e. The van der Waals surface area contributed by atoms with Crippen LogP contribution in [0.25, 0.3) is 0 Å². The summed E-state index contributed by atoms with van der Waals surface area (Å²) in [6, 6.07) is 8.89. The summed E-state index contributed by atoms with van der Waals surface area (Å²) in [4.78, 5) is 14.4. The van der Waals surface area contributed by atoms with Gasteiger partial charge >= 0.3 is 0 Å². The highest BCUT2D eigenvalue weighted by atomic mass is 127. The van der Waals surface area contributed by atoms with Gasteiger partial charge in [-0.2, -0.15) is 0 Å². The van der Waals surface area contributed by atoms with Crippen molar-refractivity contribution in [3.63, 3.8) is 0 Å². The van der Waals surface area contributed by atoms with Gasteiger partial charge in [-0.05, 0) is 31.0 Å². The third-order valence-corrected chi connectivity index (χ3v) is 6.22. The maximum absolute atomic E-state index is 4.75. The fourth-order valence-corrected chi connectivity index (χ4v) is 4.25. The van der Waals surface area contributed by atoms with E-state index in [1.165, 1.54) is 11.1 Å². The zero-order valence-corrected chi connectivity index (χ0v) is 22.4. The summed E-state index contributed by atoms with van der Waals surface area (Å²) in [5, 5.41) is 9.97. The maximum atomic E-state index is 4.75. The number of thiazole rings is 1.